The molecule has 3 heteroatoms. The van der Waals surface area contributed by atoms with E-state index in [2.05, 4.69) is 0 Å². The normalized spacial score (nSPS) is 37.3. The lowest BCUT2D eigenvalue weighted by molar-refractivity contribution is -0.277. The van der Waals surface area contributed by atoms with Gasteiger partial charge < -0.3 is 14.9 Å². The summed E-state index contributed by atoms with van der Waals surface area (Å²) < 4.78 is 5.76. The topological polar surface area (TPSA) is 49.7 Å². The van der Waals surface area contributed by atoms with Crippen LogP contribution in [0.4, 0.5) is 0 Å². The van der Waals surface area contributed by atoms with Gasteiger partial charge in [0.1, 0.15) is 0 Å². The summed E-state index contributed by atoms with van der Waals surface area (Å²) in [4.78, 5) is 0. The van der Waals surface area contributed by atoms with Crippen LogP contribution >= 0.6 is 0 Å². The first kappa shape index (κ1) is 13.0. The molecule has 3 nitrogen and oxygen atoms in total. The lowest BCUT2D eigenvalue weighted by Crippen LogP contribution is -2.51. The molecule has 1 heterocycles. The Balaban J connectivity index is 1.97. The summed E-state index contributed by atoms with van der Waals surface area (Å²) in [6.45, 7) is 2.30. The van der Waals surface area contributed by atoms with Crippen molar-refractivity contribution in [1.29, 1.82) is 0 Å². The molecule has 108 valence electrons. The number of rotatable bonds is 1. The molecule has 21 heavy (non-hydrogen) atoms. The monoisotopic (exact) mass is 282 g/mol. The predicted octanol–water partition coefficient (Wildman–Crippen LogP) is 2.31. The fourth-order valence-corrected chi connectivity index (χ4v) is 3.97. The lowest BCUT2D eigenvalue weighted by Gasteiger charge is -2.40. The van der Waals surface area contributed by atoms with E-state index in [0.29, 0.717) is 18.6 Å². The van der Waals surface area contributed by atoms with Gasteiger partial charge in [0.25, 0.3) is 0 Å². The molecule has 2 N–H and O–H groups in total. The first-order chi connectivity index (χ1) is 10.0. The van der Waals surface area contributed by atoms with Crippen LogP contribution in [-0.2, 0) is 22.5 Å². The van der Waals surface area contributed by atoms with Crippen molar-refractivity contribution in [2.75, 3.05) is 6.61 Å². The molecule has 2 aliphatic rings. The van der Waals surface area contributed by atoms with Gasteiger partial charge in [-0.15, -0.1) is 0 Å². The van der Waals surface area contributed by atoms with Crippen LogP contribution < -0.4 is 0 Å². The van der Waals surface area contributed by atoms with Crippen molar-refractivity contribution in [3.8, 4) is 0 Å². The fourth-order valence-electron chi connectivity index (χ4n) is 3.97. The number of hydrogen-bond donors (Lipinski definition) is 2. The van der Waals surface area contributed by atoms with Gasteiger partial charge in [0.15, 0.2) is 5.60 Å². The van der Waals surface area contributed by atoms with E-state index in [-0.39, 0.29) is 0 Å². The number of aliphatic hydroxyl groups is 2. The maximum atomic E-state index is 11.5. The number of hydrogen-bond acceptors (Lipinski definition) is 3. The third-order valence-electron chi connectivity index (χ3n) is 5.12. The van der Waals surface area contributed by atoms with Crippen LogP contribution in [-0.4, -0.2) is 16.8 Å². The van der Waals surface area contributed by atoms with Crippen molar-refractivity contribution >= 4 is 0 Å². The van der Waals surface area contributed by atoms with E-state index in [0.717, 1.165) is 11.1 Å². The second kappa shape index (κ2) is 3.95. The van der Waals surface area contributed by atoms with Crippen molar-refractivity contribution in [2.45, 2.75) is 24.7 Å². The van der Waals surface area contributed by atoms with E-state index in [1.165, 1.54) is 0 Å². The first-order valence-electron chi connectivity index (χ1n) is 7.24. The second-order valence-electron chi connectivity index (χ2n) is 6.40. The summed E-state index contributed by atoms with van der Waals surface area (Å²) in [5.74, 6) is -1.71. The molecule has 3 unspecified atom stereocenters. The molecule has 1 aliphatic heterocycles. The highest BCUT2D eigenvalue weighted by molar-refractivity contribution is 5.46. The maximum absolute atomic E-state index is 11.5. The van der Waals surface area contributed by atoms with Gasteiger partial charge >= 0.3 is 0 Å². The van der Waals surface area contributed by atoms with Crippen LogP contribution in [0.15, 0.2) is 54.6 Å². The summed E-state index contributed by atoms with van der Waals surface area (Å²) in [7, 11) is 0. The molecule has 1 saturated heterocycles. The quantitative estimate of drug-likeness (QED) is 0.844. The average molecular weight is 282 g/mol. The molecule has 3 atom stereocenters. The Morgan fingerprint density at radius 3 is 2.38 bits per heavy atom. The van der Waals surface area contributed by atoms with Crippen LogP contribution in [0.25, 0.3) is 0 Å². The van der Waals surface area contributed by atoms with Crippen LogP contribution in [0.3, 0.4) is 0 Å². The largest absolute Gasteiger partial charge is 0.378 e. The Bertz CT molecular complexity index is 699. The molecule has 0 spiro atoms. The molecular weight excluding hydrogens is 264 g/mol. The summed E-state index contributed by atoms with van der Waals surface area (Å²) in [5.41, 5.74) is 0.489. The van der Waals surface area contributed by atoms with Gasteiger partial charge in [-0.2, -0.15) is 0 Å². The van der Waals surface area contributed by atoms with Gasteiger partial charge in [-0.1, -0.05) is 61.5 Å². The zero-order chi connectivity index (χ0) is 14.7. The van der Waals surface area contributed by atoms with E-state index < -0.39 is 16.8 Å². The average Bonchev–Trinajstić information content (AvgIpc) is 2.87. The molecule has 1 aliphatic carbocycles. The minimum absolute atomic E-state index is 0.323. The van der Waals surface area contributed by atoms with E-state index in [4.69, 9.17) is 4.74 Å². The fraction of sp³-hybridized carbons (Fsp3) is 0.333. The van der Waals surface area contributed by atoms with E-state index in [1.54, 1.807) is 12.1 Å². The standard InChI is InChI=1S/C18H18O3/c1-16-11-13-7-5-6-10-15(13)17(16,19)18(20,21-12-16)14-8-3-2-4-9-14/h2-10,19-20H,11-12H2,1H3. The Morgan fingerprint density at radius 2 is 1.62 bits per heavy atom. The zero-order valence-electron chi connectivity index (χ0n) is 11.9. The Hall–Kier alpha value is -1.68. The highest BCUT2D eigenvalue weighted by Gasteiger charge is 2.71. The van der Waals surface area contributed by atoms with Crippen molar-refractivity contribution < 1.29 is 14.9 Å². The highest BCUT2D eigenvalue weighted by Crippen LogP contribution is 2.63. The lowest BCUT2D eigenvalue weighted by atomic mass is 9.70. The minimum Gasteiger partial charge on any atom is -0.378 e. The van der Waals surface area contributed by atoms with Gasteiger partial charge in [0.05, 0.1) is 6.61 Å². The van der Waals surface area contributed by atoms with Crippen LogP contribution in [0.1, 0.15) is 23.6 Å². The number of fused-ring (bicyclic) bond motifs is 3. The smallest absolute Gasteiger partial charge is 0.227 e. The van der Waals surface area contributed by atoms with Gasteiger partial charge in [-0.3, -0.25) is 0 Å². The van der Waals surface area contributed by atoms with Gasteiger partial charge in [-0.25, -0.2) is 0 Å². The van der Waals surface area contributed by atoms with Crippen molar-refractivity contribution in [3.63, 3.8) is 0 Å². The van der Waals surface area contributed by atoms with Gasteiger partial charge in [0.2, 0.25) is 5.79 Å². The summed E-state index contributed by atoms with van der Waals surface area (Å²) in [6, 6.07) is 16.9. The van der Waals surface area contributed by atoms with E-state index in [9.17, 15) is 10.2 Å². The van der Waals surface area contributed by atoms with Crippen LogP contribution in [0.5, 0.6) is 0 Å². The molecule has 1 fully saturated rings. The molecule has 0 radical (unpaired) electrons. The molecular formula is C18H18O3. The van der Waals surface area contributed by atoms with Crippen molar-refractivity contribution in [3.05, 3.63) is 71.3 Å². The highest BCUT2D eigenvalue weighted by atomic mass is 16.7. The Kier molecular flexibility index (Phi) is 2.45. The van der Waals surface area contributed by atoms with E-state index >= 15 is 0 Å². The summed E-state index contributed by atoms with van der Waals surface area (Å²) >= 11 is 0. The molecule has 2 aromatic rings. The second-order valence-corrected chi connectivity index (χ2v) is 6.40. The number of benzene rings is 2. The number of ether oxygens (including phenoxy) is 1. The minimum atomic E-state index is -1.71. The summed E-state index contributed by atoms with van der Waals surface area (Å²) in [6.07, 6.45) is 0.703. The Labute approximate surface area is 123 Å². The van der Waals surface area contributed by atoms with Crippen LogP contribution in [0, 0.1) is 5.41 Å². The summed E-state index contributed by atoms with van der Waals surface area (Å²) in [5, 5.41) is 22.8. The molecule has 0 aromatic heterocycles. The Morgan fingerprint density at radius 1 is 0.952 bits per heavy atom. The molecule has 0 bridgehead atoms. The molecule has 4 rings (SSSR count). The SMILES string of the molecule is CC12COC(O)(c3ccccc3)C1(O)c1ccccc1C2. The maximum Gasteiger partial charge on any atom is 0.227 e. The van der Waals surface area contributed by atoms with Gasteiger partial charge in [0, 0.05) is 11.0 Å². The van der Waals surface area contributed by atoms with E-state index in [1.807, 2.05) is 49.4 Å². The van der Waals surface area contributed by atoms with Gasteiger partial charge in [-0.05, 0) is 17.5 Å². The zero-order valence-corrected chi connectivity index (χ0v) is 11.9. The third-order valence-corrected chi connectivity index (χ3v) is 5.12. The molecule has 0 saturated carbocycles. The van der Waals surface area contributed by atoms with Crippen molar-refractivity contribution in [2.24, 2.45) is 5.41 Å². The predicted molar refractivity (Wildman–Crippen MR) is 78.4 cm³/mol. The first-order valence-corrected chi connectivity index (χ1v) is 7.24. The molecule has 0 amide bonds. The van der Waals surface area contributed by atoms with Crippen molar-refractivity contribution in [1.82, 2.24) is 0 Å². The van der Waals surface area contributed by atoms with Crippen LogP contribution in [0.2, 0.25) is 0 Å². The molecule has 2 aromatic carbocycles. The third kappa shape index (κ3) is 1.39.